The first-order valence-electron chi connectivity index (χ1n) is 5.29. The van der Waals surface area contributed by atoms with Crippen molar-refractivity contribution in [2.75, 3.05) is 27.4 Å². The van der Waals surface area contributed by atoms with Gasteiger partial charge in [-0.25, -0.2) is 0 Å². The molecule has 0 fully saturated rings. The maximum absolute atomic E-state index is 5.37. The van der Waals surface area contributed by atoms with E-state index in [-0.39, 0.29) is 5.60 Å². The minimum absolute atomic E-state index is 0.0341. The van der Waals surface area contributed by atoms with E-state index in [1.807, 2.05) is 0 Å². The Balaban J connectivity index is 3.49. The fourth-order valence-electron chi connectivity index (χ4n) is 1.46. The monoisotopic (exact) mass is 203 g/mol. The largest absolute Gasteiger partial charge is 0.385 e. The highest BCUT2D eigenvalue weighted by Crippen LogP contribution is 2.15. The third-order valence-corrected chi connectivity index (χ3v) is 2.37. The molecule has 0 aliphatic carbocycles. The van der Waals surface area contributed by atoms with Gasteiger partial charge in [0.05, 0.1) is 5.60 Å². The van der Waals surface area contributed by atoms with Crippen molar-refractivity contribution >= 4 is 0 Å². The van der Waals surface area contributed by atoms with Gasteiger partial charge in [-0.05, 0) is 40.2 Å². The van der Waals surface area contributed by atoms with E-state index in [1.165, 1.54) is 0 Å². The summed E-state index contributed by atoms with van der Waals surface area (Å²) >= 11 is 0. The Kier molecular flexibility index (Phi) is 7.15. The molecule has 0 unspecified atom stereocenters. The van der Waals surface area contributed by atoms with Crippen molar-refractivity contribution in [3.8, 4) is 0 Å². The first kappa shape index (κ1) is 13.9. The van der Waals surface area contributed by atoms with Crippen molar-refractivity contribution in [1.82, 2.24) is 5.32 Å². The van der Waals surface area contributed by atoms with Crippen LogP contribution in [0.4, 0.5) is 0 Å². The molecule has 0 aromatic heterocycles. The lowest BCUT2D eigenvalue weighted by Crippen LogP contribution is -2.36. The zero-order valence-corrected chi connectivity index (χ0v) is 10.2. The third-order valence-electron chi connectivity index (χ3n) is 2.37. The van der Waals surface area contributed by atoms with Crippen molar-refractivity contribution in [3.63, 3.8) is 0 Å². The van der Waals surface area contributed by atoms with E-state index in [4.69, 9.17) is 9.47 Å². The molecule has 0 aromatic carbocycles. The van der Waals surface area contributed by atoms with E-state index in [2.05, 4.69) is 26.1 Å². The molecule has 14 heavy (non-hydrogen) atoms. The molecule has 3 nitrogen and oxygen atoms in total. The van der Waals surface area contributed by atoms with E-state index in [0.717, 1.165) is 26.0 Å². The minimum Gasteiger partial charge on any atom is -0.385 e. The van der Waals surface area contributed by atoms with Gasteiger partial charge in [-0.2, -0.15) is 0 Å². The topological polar surface area (TPSA) is 30.5 Å². The van der Waals surface area contributed by atoms with Crippen LogP contribution in [0.1, 0.15) is 33.6 Å². The highest BCUT2D eigenvalue weighted by Gasteiger charge is 2.19. The molecule has 86 valence electrons. The lowest BCUT2D eigenvalue weighted by molar-refractivity contribution is 0.00849. The molecule has 1 atom stereocenters. The van der Waals surface area contributed by atoms with Crippen LogP contribution in [0.2, 0.25) is 0 Å². The lowest BCUT2D eigenvalue weighted by Gasteiger charge is -2.27. The van der Waals surface area contributed by atoms with Crippen LogP contribution < -0.4 is 5.32 Å². The summed E-state index contributed by atoms with van der Waals surface area (Å²) in [6.45, 7) is 8.25. The highest BCUT2D eigenvalue weighted by atomic mass is 16.5. The van der Waals surface area contributed by atoms with Gasteiger partial charge < -0.3 is 14.8 Å². The van der Waals surface area contributed by atoms with E-state index in [9.17, 15) is 0 Å². The molecule has 0 amide bonds. The van der Waals surface area contributed by atoms with Crippen LogP contribution in [0.3, 0.4) is 0 Å². The zero-order chi connectivity index (χ0) is 11.0. The SMILES string of the molecule is COCCCN[C@H](C)CC(C)(C)OC. The van der Waals surface area contributed by atoms with Gasteiger partial charge in [0.2, 0.25) is 0 Å². The number of rotatable bonds is 8. The van der Waals surface area contributed by atoms with Gasteiger partial charge >= 0.3 is 0 Å². The molecule has 0 bridgehead atoms. The molecule has 0 heterocycles. The van der Waals surface area contributed by atoms with Crippen LogP contribution in [0, 0.1) is 0 Å². The fourth-order valence-corrected chi connectivity index (χ4v) is 1.46. The standard InChI is InChI=1S/C11H25NO2/c1-10(9-11(2,3)14-5)12-7-6-8-13-4/h10,12H,6-9H2,1-5H3/t10-/m1/s1. The summed E-state index contributed by atoms with van der Waals surface area (Å²) in [5.74, 6) is 0. The average Bonchev–Trinajstić information content (AvgIpc) is 2.12. The van der Waals surface area contributed by atoms with Crippen LogP contribution in [-0.4, -0.2) is 39.0 Å². The van der Waals surface area contributed by atoms with Crippen LogP contribution in [-0.2, 0) is 9.47 Å². The predicted molar refractivity (Wildman–Crippen MR) is 59.7 cm³/mol. The summed E-state index contributed by atoms with van der Waals surface area (Å²) in [5, 5.41) is 3.45. The Hall–Kier alpha value is -0.120. The quantitative estimate of drug-likeness (QED) is 0.610. The third kappa shape index (κ3) is 7.30. The van der Waals surface area contributed by atoms with Gasteiger partial charge in [0, 0.05) is 26.9 Å². The number of hydrogen-bond donors (Lipinski definition) is 1. The molecule has 0 saturated carbocycles. The van der Waals surface area contributed by atoms with Crippen molar-refractivity contribution in [3.05, 3.63) is 0 Å². The van der Waals surface area contributed by atoms with Crippen LogP contribution in [0.5, 0.6) is 0 Å². The van der Waals surface area contributed by atoms with E-state index >= 15 is 0 Å². The second-order valence-electron chi connectivity index (χ2n) is 4.37. The van der Waals surface area contributed by atoms with Crippen LogP contribution in [0.25, 0.3) is 0 Å². The molecular formula is C11H25NO2. The van der Waals surface area contributed by atoms with Crippen LogP contribution in [0.15, 0.2) is 0 Å². The molecule has 0 aromatic rings. The molecule has 0 radical (unpaired) electrons. The molecule has 0 spiro atoms. The first-order chi connectivity index (χ1) is 6.52. The summed E-state index contributed by atoms with van der Waals surface area (Å²) in [7, 11) is 3.50. The molecule has 0 saturated heterocycles. The van der Waals surface area contributed by atoms with Gasteiger partial charge in [-0.3, -0.25) is 0 Å². The number of methoxy groups -OCH3 is 2. The second kappa shape index (κ2) is 7.21. The summed E-state index contributed by atoms with van der Waals surface area (Å²) < 4.78 is 10.4. The second-order valence-corrected chi connectivity index (χ2v) is 4.37. The fraction of sp³-hybridized carbons (Fsp3) is 1.00. The molecule has 1 N–H and O–H groups in total. The van der Waals surface area contributed by atoms with E-state index in [1.54, 1.807) is 14.2 Å². The Labute approximate surface area is 88.2 Å². The molecule has 0 rings (SSSR count). The smallest absolute Gasteiger partial charge is 0.0637 e. The number of ether oxygens (including phenoxy) is 2. The Morgan fingerprint density at radius 2 is 1.93 bits per heavy atom. The maximum Gasteiger partial charge on any atom is 0.0637 e. The zero-order valence-electron chi connectivity index (χ0n) is 10.2. The summed E-state index contributed by atoms with van der Waals surface area (Å²) in [6.07, 6.45) is 2.09. The summed E-state index contributed by atoms with van der Waals surface area (Å²) in [5.41, 5.74) is -0.0341. The van der Waals surface area contributed by atoms with E-state index in [0.29, 0.717) is 6.04 Å². The van der Waals surface area contributed by atoms with Crippen LogP contribution >= 0.6 is 0 Å². The van der Waals surface area contributed by atoms with E-state index < -0.39 is 0 Å². The van der Waals surface area contributed by atoms with Crippen molar-refractivity contribution < 1.29 is 9.47 Å². The number of nitrogens with one attached hydrogen (secondary N) is 1. The highest BCUT2D eigenvalue weighted by molar-refractivity contribution is 4.75. The Morgan fingerprint density at radius 1 is 1.29 bits per heavy atom. The molecule has 3 heteroatoms. The normalized spacial score (nSPS) is 14.4. The predicted octanol–water partition coefficient (Wildman–Crippen LogP) is 1.82. The van der Waals surface area contributed by atoms with Gasteiger partial charge in [0.15, 0.2) is 0 Å². The molecular weight excluding hydrogens is 178 g/mol. The average molecular weight is 203 g/mol. The Morgan fingerprint density at radius 3 is 2.43 bits per heavy atom. The Bertz CT molecular complexity index is 137. The van der Waals surface area contributed by atoms with Crippen molar-refractivity contribution in [1.29, 1.82) is 0 Å². The minimum atomic E-state index is -0.0341. The van der Waals surface area contributed by atoms with Crippen molar-refractivity contribution in [2.24, 2.45) is 0 Å². The molecule has 0 aliphatic rings. The van der Waals surface area contributed by atoms with Gasteiger partial charge in [0.25, 0.3) is 0 Å². The van der Waals surface area contributed by atoms with Gasteiger partial charge in [-0.1, -0.05) is 0 Å². The first-order valence-corrected chi connectivity index (χ1v) is 5.29. The summed E-state index contributed by atoms with van der Waals surface area (Å²) in [4.78, 5) is 0. The number of hydrogen-bond acceptors (Lipinski definition) is 3. The lowest BCUT2D eigenvalue weighted by atomic mass is 10.00. The van der Waals surface area contributed by atoms with Gasteiger partial charge in [0.1, 0.15) is 0 Å². The maximum atomic E-state index is 5.37. The van der Waals surface area contributed by atoms with Gasteiger partial charge in [-0.15, -0.1) is 0 Å². The van der Waals surface area contributed by atoms with Crippen molar-refractivity contribution in [2.45, 2.75) is 45.3 Å². The molecule has 0 aliphatic heterocycles. The summed E-state index contributed by atoms with van der Waals surface area (Å²) in [6, 6.07) is 0.488.